The number of nitrogens with zero attached hydrogens (tertiary/aromatic N) is 4. The first kappa shape index (κ1) is 22.0. The predicted octanol–water partition coefficient (Wildman–Crippen LogP) is 4.17. The van der Waals surface area contributed by atoms with Crippen molar-refractivity contribution < 1.29 is 14.3 Å². The maximum absolute atomic E-state index is 12.5. The Hall–Kier alpha value is -2.70. The first-order valence-corrected chi connectivity index (χ1v) is 10.9. The van der Waals surface area contributed by atoms with Crippen molar-refractivity contribution in [1.29, 1.82) is 0 Å². The number of unbranched alkanes of at least 4 members (excludes halogenated alkanes) is 2. The number of anilines is 1. The van der Waals surface area contributed by atoms with Crippen LogP contribution in [-0.4, -0.2) is 40.0 Å². The lowest BCUT2D eigenvalue weighted by Crippen LogP contribution is -2.49. The largest absolute Gasteiger partial charge is 0.465 e. The number of benzene rings is 1. The molecule has 0 aliphatic carbocycles. The van der Waals surface area contributed by atoms with Crippen molar-refractivity contribution in [3.05, 3.63) is 41.2 Å². The van der Waals surface area contributed by atoms with Gasteiger partial charge in [0.25, 0.3) is 0 Å². The number of hydrogen-bond acceptors (Lipinski definition) is 5. The summed E-state index contributed by atoms with van der Waals surface area (Å²) in [6.45, 7) is 8.01. The second kappa shape index (κ2) is 9.41. The summed E-state index contributed by atoms with van der Waals surface area (Å²) in [6.07, 6.45) is 7.17. The number of hydrogen-bond donors (Lipinski definition) is 0. The number of carbonyl (C=O) groups excluding carboxylic acids is 2. The Labute approximate surface area is 178 Å². The molecule has 1 aliphatic rings. The van der Waals surface area contributed by atoms with Crippen LogP contribution in [0.3, 0.4) is 0 Å². The summed E-state index contributed by atoms with van der Waals surface area (Å²) >= 11 is 0. The van der Waals surface area contributed by atoms with Gasteiger partial charge in [0.05, 0.1) is 24.4 Å². The number of ether oxygens (including phenoxy) is 1. The molecule has 1 aromatic carbocycles. The maximum Gasteiger partial charge on any atom is 0.337 e. The average molecular weight is 413 g/mol. The van der Waals surface area contributed by atoms with Crippen LogP contribution in [0.25, 0.3) is 0 Å². The Morgan fingerprint density at radius 3 is 2.60 bits per heavy atom. The number of esters is 1. The molecule has 7 heteroatoms. The third-order valence-electron chi connectivity index (χ3n) is 6.10. The first-order valence-electron chi connectivity index (χ1n) is 10.9. The fraction of sp³-hybridized carbons (Fsp3) is 0.565. The number of amides is 1. The van der Waals surface area contributed by atoms with Crippen LogP contribution in [0.2, 0.25) is 0 Å². The minimum absolute atomic E-state index is 0.00179. The summed E-state index contributed by atoms with van der Waals surface area (Å²) in [4.78, 5) is 26.6. The number of rotatable bonds is 7. The van der Waals surface area contributed by atoms with E-state index in [2.05, 4.69) is 31.1 Å². The van der Waals surface area contributed by atoms with Gasteiger partial charge >= 0.3 is 5.97 Å². The van der Waals surface area contributed by atoms with Gasteiger partial charge in [-0.25, -0.2) is 9.48 Å². The molecule has 2 heterocycles. The molecule has 3 rings (SSSR count). The summed E-state index contributed by atoms with van der Waals surface area (Å²) < 4.78 is 6.83. The van der Waals surface area contributed by atoms with E-state index < -0.39 is 5.97 Å². The van der Waals surface area contributed by atoms with Crippen molar-refractivity contribution >= 4 is 17.6 Å². The van der Waals surface area contributed by atoms with Gasteiger partial charge in [-0.2, -0.15) is 0 Å². The summed E-state index contributed by atoms with van der Waals surface area (Å²) in [5.41, 5.74) is 3.17. The van der Waals surface area contributed by atoms with E-state index in [1.807, 2.05) is 27.9 Å². The standard InChI is InChI=1S/C23H32N4O3/c1-6-8-9-10-18-14-26(25-24-18)22-15(3)20(7-2)27(16(4)28)21-12-11-17(13-19(21)22)23(29)30-5/h11-15,20,22H,6-10H2,1-5H3/t15-,20?,22?/m1/s1. The van der Waals surface area contributed by atoms with Crippen LogP contribution in [0.5, 0.6) is 0 Å². The zero-order valence-electron chi connectivity index (χ0n) is 18.6. The van der Waals surface area contributed by atoms with Crippen LogP contribution >= 0.6 is 0 Å². The van der Waals surface area contributed by atoms with Crippen LogP contribution in [0, 0.1) is 5.92 Å². The molecule has 30 heavy (non-hydrogen) atoms. The molecule has 0 spiro atoms. The normalized spacial score (nSPS) is 20.7. The second-order valence-electron chi connectivity index (χ2n) is 8.08. The van der Waals surface area contributed by atoms with Crippen molar-refractivity contribution in [2.45, 2.75) is 71.9 Å². The van der Waals surface area contributed by atoms with E-state index in [1.165, 1.54) is 13.5 Å². The number of fused-ring (bicyclic) bond motifs is 1. The van der Waals surface area contributed by atoms with Crippen molar-refractivity contribution in [3.63, 3.8) is 0 Å². The maximum atomic E-state index is 12.5. The van der Waals surface area contributed by atoms with E-state index in [9.17, 15) is 9.59 Å². The monoisotopic (exact) mass is 412 g/mol. The Kier molecular flexibility index (Phi) is 6.90. The van der Waals surface area contributed by atoms with E-state index in [4.69, 9.17) is 4.74 Å². The fourth-order valence-corrected chi connectivity index (χ4v) is 4.62. The zero-order chi connectivity index (χ0) is 21.8. The quantitative estimate of drug-likeness (QED) is 0.504. The molecule has 7 nitrogen and oxygen atoms in total. The Morgan fingerprint density at radius 1 is 1.20 bits per heavy atom. The minimum Gasteiger partial charge on any atom is -0.465 e. The Morgan fingerprint density at radius 2 is 1.97 bits per heavy atom. The number of aromatic nitrogens is 3. The van der Waals surface area contributed by atoms with Crippen LogP contribution in [-0.2, 0) is 16.0 Å². The molecule has 0 N–H and O–H groups in total. The molecule has 0 saturated heterocycles. The van der Waals surface area contributed by atoms with Gasteiger partial charge < -0.3 is 9.64 Å². The molecular weight excluding hydrogens is 380 g/mol. The summed E-state index contributed by atoms with van der Waals surface area (Å²) in [5.74, 6) is -0.294. The highest BCUT2D eigenvalue weighted by atomic mass is 16.5. The fourth-order valence-electron chi connectivity index (χ4n) is 4.62. The van der Waals surface area contributed by atoms with Crippen molar-refractivity contribution in [2.24, 2.45) is 5.92 Å². The molecule has 2 aromatic rings. The molecule has 3 atom stereocenters. The topological polar surface area (TPSA) is 77.3 Å². The number of carbonyl (C=O) groups is 2. The van der Waals surface area contributed by atoms with Crippen molar-refractivity contribution in [1.82, 2.24) is 15.0 Å². The Bertz CT molecular complexity index is 908. The molecule has 2 unspecified atom stereocenters. The molecule has 1 aliphatic heterocycles. The van der Waals surface area contributed by atoms with Gasteiger partial charge in [0.15, 0.2) is 0 Å². The minimum atomic E-state index is -0.393. The molecule has 1 amide bonds. The summed E-state index contributed by atoms with van der Waals surface area (Å²) in [6, 6.07) is 5.33. The van der Waals surface area contributed by atoms with Crippen LogP contribution < -0.4 is 4.90 Å². The van der Waals surface area contributed by atoms with Gasteiger partial charge in [0, 0.05) is 36.3 Å². The van der Waals surface area contributed by atoms with Crippen molar-refractivity contribution in [3.8, 4) is 0 Å². The van der Waals surface area contributed by atoms with Crippen LogP contribution in [0.15, 0.2) is 24.4 Å². The molecule has 0 radical (unpaired) electrons. The van der Waals surface area contributed by atoms with Gasteiger partial charge in [-0.05, 0) is 37.5 Å². The first-order chi connectivity index (χ1) is 14.4. The lowest BCUT2D eigenvalue weighted by atomic mass is 9.80. The molecule has 162 valence electrons. The molecule has 0 saturated carbocycles. The molecular formula is C23H32N4O3. The summed E-state index contributed by atoms with van der Waals surface area (Å²) in [7, 11) is 1.37. The predicted molar refractivity (Wildman–Crippen MR) is 116 cm³/mol. The van der Waals surface area contributed by atoms with Crippen LogP contribution in [0.4, 0.5) is 5.69 Å². The third-order valence-corrected chi connectivity index (χ3v) is 6.10. The second-order valence-corrected chi connectivity index (χ2v) is 8.08. The van der Waals surface area contributed by atoms with E-state index >= 15 is 0 Å². The van der Waals surface area contributed by atoms with E-state index in [0.29, 0.717) is 5.56 Å². The van der Waals surface area contributed by atoms with Crippen molar-refractivity contribution in [2.75, 3.05) is 12.0 Å². The molecule has 0 fully saturated rings. The number of aryl methyl sites for hydroxylation is 1. The smallest absolute Gasteiger partial charge is 0.337 e. The van der Waals surface area contributed by atoms with E-state index in [1.54, 1.807) is 13.0 Å². The highest BCUT2D eigenvalue weighted by molar-refractivity contribution is 5.96. The third kappa shape index (κ3) is 4.11. The zero-order valence-corrected chi connectivity index (χ0v) is 18.6. The van der Waals surface area contributed by atoms with Gasteiger partial charge in [-0.3, -0.25) is 4.79 Å². The average Bonchev–Trinajstić information content (AvgIpc) is 3.20. The highest BCUT2D eigenvalue weighted by Gasteiger charge is 2.41. The van der Waals surface area contributed by atoms with Gasteiger partial charge in [-0.1, -0.05) is 38.8 Å². The van der Waals surface area contributed by atoms with Gasteiger partial charge in [0.1, 0.15) is 0 Å². The molecule has 0 bridgehead atoms. The van der Waals surface area contributed by atoms with E-state index in [0.717, 1.165) is 42.6 Å². The SMILES string of the molecule is CCCCCc1cn(C2c3cc(C(=O)OC)ccc3N(C(C)=O)C(CC)[C@H]2C)nn1. The lowest BCUT2D eigenvalue weighted by Gasteiger charge is -2.44. The van der Waals surface area contributed by atoms with Gasteiger partial charge in [0.2, 0.25) is 5.91 Å². The van der Waals surface area contributed by atoms with Gasteiger partial charge in [-0.15, -0.1) is 5.10 Å². The number of methoxy groups -OCH3 is 1. The Balaban J connectivity index is 2.09. The molecule has 1 aromatic heterocycles. The van der Waals surface area contributed by atoms with E-state index in [-0.39, 0.29) is 23.9 Å². The highest BCUT2D eigenvalue weighted by Crippen LogP contribution is 2.44. The lowest BCUT2D eigenvalue weighted by molar-refractivity contribution is -0.117. The van der Waals surface area contributed by atoms with Crippen LogP contribution in [0.1, 0.15) is 81.0 Å². The summed E-state index contributed by atoms with van der Waals surface area (Å²) in [5, 5.41) is 8.84.